The monoisotopic (exact) mass is 324 g/mol. The third kappa shape index (κ3) is 3.38. The van der Waals surface area contributed by atoms with Crippen LogP contribution in [0.15, 0.2) is 30.5 Å². The molecular formula is C12H9ClN4O5. The van der Waals surface area contributed by atoms with Crippen LogP contribution in [0.5, 0.6) is 0 Å². The molecule has 0 unspecified atom stereocenters. The van der Waals surface area contributed by atoms with Crippen molar-refractivity contribution in [1.29, 1.82) is 0 Å². The molecule has 0 atom stereocenters. The van der Waals surface area contributed by atoms with Gasteiger partial charge >= 0.3 is 5.97 Å². The molecule has 2 N–H and O–H groups in total. The number of benzene rings is 1. The van der Waals surface area contributed by atoms with Gasteiger partial charge in [0.05, 0.1) is 15.6 Å². The number of carboxylic acid groups (broad SMARTS) is 1. The Bertz CT molecular complexity index is 758. The summed E-state index contributed by atoms with van der Waals surface area (Å²) >= 11 is 5.85. The summed E-state index contributed by atoms with van der Waals surface area (Å²) in [6.45, 7) is -0.331. The number of nitro groups is 1. The lowest BCUT2D eigenvalue weighted by atomic mass is 10.3. The van der Waals surface area contributed by atoms with Gasteiger partial charge in [0.1, 0.15) is 12.2 Å². The van der Waals surface area contributed by atoms with E-state index >= 15 is 0 Å². The summed E-state index contributed by atoms with van der Waals surface area (Å²) < 4.78 is 1.01. The summed E-state index contributed by atoms with van der Waals surface area (Å²) in [5.74, 6) is -1.78. The topological polar surface area (TPSA) is 127 Å². The molecule has 0 aliphatic rings. The molecule has 114 valence electrons. The number of hydrogen-bond donors (Lipinski definition) is 2. The van der Waals surface area contributed by atoms with E-state index in [0.29, 0.717) is 0 Å². The molecule has 0 radical (unpaired) electrons. The summed E-state index contributed by atoms with van der Waals surface area (Å²) in [5, 5.41) is 25.7. The second-order valence-corrected chi connectivity index (χ2v) is 4.56. The predicted octanol–water partition coefficient (Wildman–Crippen LogP) is 1.78. The van der Waals surface area contributed by atoms with Gasteiger partial charge in [0, 0.05) is 18.3 Å². The first-order valence-corrected chi connectivity index (χ1v) is 6.25. The molecule has 0 spiro atoms. The van der Waals surface area contributed by atoms with Crippen molar-refractivity contribution >= 4 is 34.9 Å². The van der Waals surface area contributed by atoms with Gasteiger partial charge in [0.15, 0.2) is 0 Å². The fourth-order valence-corrected chi connectivity index (χ4v) is 1.91. The Hall–Kier alpha value is -2.94. The summed E-state index contributed by atoms with van der Waals surface area (Å²) in [6.07, 6.45) is 1.26. The Morgan fingerprint density at radius 3 is 2.73 bits per heavy atom. The third-order valence-electron chi connectivity index (χ3n) is 2.67. The predicted molar refractivity (Wildman–Crippen MR) is 75.9 cm³/mol. The fraction of sp³-hybridized carbons (Fsp3) is 0.0833. The number of carbonyl (C=O) groups excluding carboxylic acids is 1. The van der Waals surface area contributed by atoms with Crippen LogP contribution in [0, 0.1) is 10.1 Å². The number of nitrogens with one attached hydrogen (secondary N) is 1. The number of non-ortho nitro benzene ring substituents is 1. The van der Waals surface area contributed by atoms with Crippen LogP contribution in [0.3, 0.4) is 0 Å². The number of carbonyl (C=O) groups is 2. The molecule has 22 heavy (non-hydrogen) atoms. The standard InChI is InChI=1S/C12H9ClN4O5/c13-8-5-7(17(21)22)1-2-9(8)15-11(18)6-16-10(12(19)20)3-4-14-16/h1-5H,6H2,(H,15,18)(H,19,20). The smallest absolute Gasteiger partial charge is 0.354 e. The molecule has 0 bridgehead atoms. The number of aromatic nitrogens is 2. The molecule has 2 aromatic rings. The molecule has 0 aliphatic carbocycles. The Balaban J connectivity index is 2.11. The first kappa shape index (κ1) is 15.4. The maximum absolute atomic E-state index is 11.9. The van der Waals surface area contributed by atoms with Crippen LogP contribution in [0.25, 0.3) is 0 Å². The molecule has 1 heterocycles. The number of amides is 1. The molecule has 1 aromatic carbocycles. The lowest BCUT2D eigenvalue weighted by molar-refractivity contribution is -0.384. The van der Waals surface area contributed by atoms with Gasteiger partial charge in [0.2, 0.25) is 5.91 Å². The molecule has 0 fully saturated rings. The highest BCUT2D eigenvalue weighted by atomic mass is 35.5. The molecule has 1 amide bonds. The largest absolute Gasteiger partial charge is 0.477 e. The molecule has 0 saturated heterocycles. The van der Waals surface area contributed by atoms with Gasteiger partial charge in [0.25, 0.3) is 5.69 Å². The van der Waals surface area contributed by atoms with Crippen LogP contribution >= 0.6 is 11.6 Å². The van der Waals surface area contributed by atoms with E-state index in [1.807, 2.05) is 0 Å². The lowest BCUT2D eigenvalue weighted by Crippen LogP contribution is -2.22. The number of carboxylic acids is 1. The Labute approximate surface area is 128 Å². The van der Waals surface area contributed by atoms with Gasteiger partial charge in [-0.2, -0.15) is 5.10 Å². The maximum Gasteiger partial charge on any atom is 0.354 e. The minimum atomic E-state index is -1.21. The SMILES string of the molecule is O=C(Cn1nccc1C(=O)O)Nc1ccc([N+](=O)[O-])cc1Cl. The van der Waals surface area contributed by atoms with Gasteiger partial charge < -0.3 is 10.4 Å². The number of rotatable bonds is 5. The summed E-state index contributed by atoms with van der Waals surface area (Å²) in [6, 6.07) is 4.85. The minimum absolute atomic E-state index is 0.00136. The van der Waals surface area contributed by atoms with E-state index in [2.05, 4.69) is 10.4 Å². The van der Waals surface area contributed by atoms with Crippen LogP contribution in [0.1, 0.15) is 10.5 Å². The van der Waals surface area contributed by atoms with Crippen LogP contribution in [0.4, 0.5) is 11.4 Å². The van der Waals surface area contributed by atoms with Crippen molar-refractivity contribution in [2.24, 2.45) is 0 Å². The van der Waals surface area contributed by atoms with Gasteiger partial charge in [-0.3, -0.25) is 14.9 Å². The summed E-state index contributed by atoms with van der Waals surface area (Å²) in [5.41, 5.74) is -0.158. The highest BCUT2D eigenvalue weighted by Gasteiger charge is 2.15. The zero-order chi connectivity index (χ0) is 16.3. The normalized spacial score (nSPS) is 10.2. The average molecular weight is 325 g/mol. The third-order valence-corrected chi connectivity index (χ3v) is 2.98. The van der Waals surface area contributed by atoms with E-state index < -0.39 is 16.8 Å². The second kappa shape index (κ2) is 6.22. The Morgan fingerprint density at radius 1 is 1.41 bits per heavy atom. The van der Waals surface area contributed by atoms with Gasteiger partial charge in [-0.15, -0.1) is 0 Å². The first-order chi connectivity index (χ1) is 10.4. The Kier molecular flexibility index (Phi) is 4.37. The number of anilines is 1. The zero-order valence-electron chi connectivity index (χ0n) is 10.9. The molecule has 2 rings (SSSR count). The molecule has 0 saturated carbocycles. The average Bonchev–Trinajstić information content (AvgIpc) is 2.89. The number of halogens is 1. The first-order valence-electron chi connectivity index (χ1n) is 5.87. The highest BCUT2D eigenvalue weighted by molar-refractivity contribution is 6.33. The van der Waals surface area contributed by atoms with Gasteiger partial charge in [-0.05, 0) is 12.1 Å². The van der Waals surface area contributed by atoms with Crippen LogP contribution < -0.4 is 5.32 Å². The van der Waals surface area contributed by atoms with E-state index in [-0.39, 0.29) is 28.6 Å². The van der Waals surface area contributed by atoms with Crippen LogP contribution in [-0.2, 0) is 11.3 Å². The van der Waals surface area contributed by atoms with Crippen molar-refractivity contribution in [1.82, 2.24) is 9.78 Å². The van der Waals surface area contributed by atoms with Crippen molar-refractivity contribution in [3.8, 4) is 0 Å². The highest BCUT2D eigenvalue weighted by Crippen LogP contribution is 2.26. The number of nitrogens with zero attached hydrogens (tertiary/aromatic N) is 3. The van der Waals surface area contributed by atoms with Crippen molar-refractivity contribution in [3.05, 3.63) is 51.3 Å². The van der Waals surface area contributed by atoms with Gasteiger partial charge in [-0.1, -0.05) is 11.6 Å². The van der Waals surface area contributed by atoms with E-state index in [0.717, 1.165) is 10.7 Å². The maximum atomic E-state index is 11.9. The quantitative estimate of drug-likeness (QED) is 0.637. The fourth-order valence-electron chi connectivity index (χ4n) is 1.69. The number of aromatic carboxylic acids is 1. The van der Waals surface area contributed by atoms with E-state index in [1.165, 1.54) is 24.4 Å². The zero-order valence-corrected chi connectivity index (χ0v) is 11.6. The van der Waals surface area contributed by atoms with Crippen molar-refractivity contribution in [2.75, 3.05) is 5.32 Å². The number of hydrogen-bond acceptors (Lipinski definition) is 5. The number of nitro benzene ring substituents is 1. The Morgan fingerprint density at radius 2 is 2.14 bits per heavy atom. The molecular weight excluding hydrogens is 316 g/mol. The van der Waals surface area contributed by atoms with Crippen molar-refractivity contribution in [2.45, 2.75) is 6.54 Å². The van der Waals surface area contributed by atoms with Crippen molar-refractivity contribution in [3.63, 3.8) is 0 Å². The van der Waals surface area contributed by atoms with E-state index in [9.17, 15) is 19.7 Å². The molecule has 0 aliphatic heterocycles. The van der Waals surface area contributed by atoms with Gasteiger partial charge in [-0.25, -0.2) is 9.48 Å². The van der Waals surface area contributed by atoms with E-state index in [4.69, 9.17) is 16.7 Å². The van der Waals surface area contributed by atoms with Crippen LogP contribution in [-0.4, -0.2) is 31.7 Å². The molecule has 1 aromatic heterocycles. The lowest BCUT2D eigenvalue weighted by Gasteiger charge is -2.08. The summed E-state index contributed by atoms with van der Waals surface area (Å²) in [7, 11) is 0. The van der Waals surface area contributed by atoms with E-state index in [1.54, 1.807) is 0 Å². The van der Waals surface area contributed by atoms with Crippen LogP contribution in [0.2, 0.25) is 5.02 Å². The second-order valence-electron chi connectivity index (χ2n) is 4.15. The minimum Gasteiger partial charge on any atom is -0.477 e. The molecule has 10 heteroatoms. The summed E-state index contributed by atoms with van der Waals surface area (Å²) in [4.78, 5) is 32.8. The van der Waals surface area contributed by atoms with Crippen molar-refractivity contribution < 1.29 is 19.6 Å². The molecule has 9 nitrogen and oxygen atoms in total.